The van der Waals surface area contributed by atoms with Gasteiger partial charge in [-0.05, 0) is 31.4 Å². The molecule has 0 atom stereocenters. The Balaban J connectivity index is 1.98. The molecule has 0 aromatic heterocycles. The van der Waals surface area contributed by atoms with Crippen LogP contribution in [0.25, 0.3) is 0 Å². The first-order valence-electron chi connectivity index (χ1n) is 6.35. The molecule has 2 rings (SSSR count). The molecule has 0 radical (unpaired) electrons. The zero-order valence-electron chi connectivity index (χ0n) is 10.7. The van der Waals surface area contributed by atoms with Gasteiger partial charge in [0.25, 0.3) is 0 Å². The Labute approximate surface area is 109 Å². The second kappa shape index (κ2) is 5.85. The van der Waals surface area contributed by atoms with E-state index in [1.165, 1.54) is 16.7 Å². The molecule has 1 aliphatic heterocycles. The number of hydrogen-bond acceptors (Lipinski definition) is 2. The summed E-state index contributed by atoms with van der Waals surface area (Å²) in [6.07, 6.45) is 1.06. The molecule has 1 aliphatic rings. The Bertz CT molecular complexity index is 384. The van der Waals surface area contributed by atoms with Gasteiger partial charge in [0.2, 0.25) is 0 Å². The maximum absolute atomic E-state index is 6.35. The first-order valence-corrected chi connectivity index (χ1v) is 6.73. The number of aryl methyl sites for hydroxylation is 2. The van der Waals surface area contributed by atoms with Gasteiger partial charge in [0.05, 0.1) is 0 Å². The van der Waals surface area contributed by atoms with Gasteiger partial charge in [0.1, 0.15) is 0 Å². The van der Waals surface area contributed by atoms with Crippen LogP contribution in [0.3, 0.4) is 0 Å². The first kappa shape index (κ1) is 12.9. The van der Waals surface area contributed by atoms with Gasteiger partial charge in [-0.15, -0.1) is 0 Å². The quantitative estimate of drug-likeness (QED) is 0.889. The zero-order valence-corrected chi connectivity index (χ0v) is 11.5. The maximum atomic E-state index is 6.35. The van der Waals surface area contributed by atoms with Crippen molar-refractivity contribution in [1.82, 2.24) is 10.2 Å². The van der Waals surface area contributed by atoms with Crippen LogP contribution in [-0.2, 0) is 6.42 Å². The highest BCUT2D eigenvalue weighted by molar-refractivity contribution is 6.32. The summed E-state index contributed by atoms with van der Waals surface area (Å²) in [7, 11) is 0. The van der Waals surface area contributed by atoms with Gasteiger partial charge >= 0.3 is 0 Å². The summed E-state index contributed by atoms with van der Waals surface area (Å²) >= 11 is 6.35. The molecule has 1 aromatic carbocycles. The minimum Gasteiger partial charge on any atom is -0.314 e. The van der Waals surface area contributed by atoms with E-state index in [4.69, 9.17) is 11.6 Å². The number of hydrogen-bond donors (Lipinski definition) is 1. The van der Waals surface area contributed by atoms with Crippen LogP contribution in [0.15, 0.2) is 12.1 Å². The van der Waals surface area contributed by atoms with Gasteiger partial charge in [-0.25, -0.2) is 0 Å². The summed E-state index contributed by atoms with van der Waals surface area (Å²) in [5, 5.41) is 4.32. The second-order valence-corrected chi connectivity index (χ2v) is 5.27. The van der Waals surface area contributed by atoms with E-state index < -0.39 is 0 Å². The topological polar surface area (TPSA) is 15.3 Å². The van der Waals surface area contributed by atoms with Crippen molar-refractivity contribution in [2.75, 3.05) is 32.7 Å². The molecule has 94 valence electrons. The van der Waals surface area contributed by atoms with Crippen LogP contribution in [0, 0.1) is 13.8 Å². The monoisotopic (exact) mass is 252 g/mol. The molecule has 1 aromatic rings. The molecule has 1 heterocycles. The van der Waals surface area contributed by atoms with E-state index in [9.17, 15) is 0 Å². The Morgan fingerprint density at radius 2 is 1.94 bits per heavy atom. The minimum absolute atomic E-state index is 0.950. The van der Waals surface area contributed by atoms with Crippen LogP contribution in [0.2, 0.25) is 5.02 Å². The lowest BCUT2D eigenvalue weighted by atomic mass is 10.0. The van der Waals surface area contributed by atoms with Crippen LogP contribution in [0.5, 0.6) is 0 Å². The van der Waals surface area contributed by atoms with Crippen molar-refractivity contribution in [3.8, 4) is 0 Å². The van der Waals surface area contributed by atoms with Crippen molar-refractivity contribution in [3.05, 3.63) is 33.8 Å². The van der Waals surface area contributed by atoms with E-state index in [1.54, 1.807) is 0 Å². The number of nitrogens with one attached hydrogen (secondary N) is 1. The molecule has 2 nitrogen and oxygen atoms in total. The fraction of sp³-hybridized carbons (Fsp3) is 0.571. The van der Waals surface area contributed by atoms with Crippen molar-refractivity contribution < 1.29 is 0 Å². The summed E-state index contributed by atoms with van der Waals surface area (Å²) in [6.45, 7) is 9.87. The average molecular weight is 253 g/mol. The predicted octanol–water partition coefficient (Wildman–Crippen LogP) is 2.40. The largest absolute Gasteiger partial charge is 0.314 e. The van der Waals surface area contributed by atoms with Gasteiger partial charge in [0, 0.05) is 37.7 Å². The average Bonchev–Trinajstić information content (AvgIpc) is 2.33. The number of nitrogens with zero attached hydrogens (tertiary/aromatic N) is 1. The van der Waals surface area contributed by atoms with Gasteiger partial charge < -0.3 is 10.2 Å². The Morgan fingerprint density at radius 3 is 2.65 bits per heavy atom. The fourth-order valence-corrected chi connectivity index (χ4v) is 2.64. The summed E-state index contributed by atoms with van der Waals surface area (Å²) in [6, 6.07) is 4.37. The second-order valence-electron chi connectivity index (χ2n) is 4.90. The van der Waals surface area contributed by atoms with E-state index in [1.807, 2.05) is 0 Å². The number of piperazine rings is 1. The molecule has 0 unspecified atom stereocenters. The summed E-state index contributed by atoms with van der Waals surface area (Å²) in [5.74, 6) is 0. The molecular formula is C14H21ClN2. The molecule has 1 saturated heterocycles. The predicted molar refractivity (Wildman–Crippen MR) is 73.9 cm³/mol. The highest BCUT2D eigenvalue weighted by atomic mass is 35.5. The SMILES string of the molecule is Cc1cc(C)c(Cl)c(CCN2CCNCC2)c1. The fourth-order valence-electron chi connectivity index (χ4n) is 2.43. The van der Waals surface area contributed by atoms with Crippen molar-refractivity contribution in [1.29, 1.82) is 0 Å². The summed E-state index contributed by atoms with van der Waals surface area (Å²) in [4.78, 5) is 2.50. The van der Waals surface area contributed by atoms with Crippen molar-refractivity contribution in [3.63, 3.8) is 0 Å². The van der Waals surface area contributed by atoms with Crippen molar-refractivity contribution in [2.24, 2.45) is 0 Å². The Hall–Kier alpha value is -0.570. The molecular weight excluding hydrogens is 232 g/mol. The molecule has 0 spiro atoms. The molecule has 0 saturated carbocycles. The minimum atomic E-state index is 0.950. The highest BCUT2D eigenvalue weighted by Gasteiger charge is 2.11. The lowest BCUT2D eigenvalue weighted by molar-refractivity contribution is 0.244. The third-order valence-corrected chi connectivity index (χ3v) is 3.92. The molecule has 17 heavy (non-hydrogen) atoms. The molecule has 3 heteroatoms. The third kappa shape index (κ3) is 3.44. The van der Waals surface area contributed by atoms with E-state index >= 15 is 0 Å². The summed E-state index contributed by atoms with van der Waals surface area (Å²) in [5.41, 5.74) is 3.80. The highest BCUT2D eigenvalue weighted by Crippen LogP contribution is 2.23. The lowest BCUT2D eigenvalue weighted by Crippen LogP contribution is -2.44. The van der Waals surface area contributed by atoms with Gasteiger partial charge in [-0.2, -0.15) is 0 Å². The normalized spacial score (nSPS) is 17.4. The van der Waals surface area contributed by atoms with Crippen molar-refractivity contribution >= 4 is 11.6 Å². The van der Waals surface area contributed by atoms with E-state index in [0.717, 1.165) is 44.2 Å². The molecule has 0 aliphatic carbocycles. The van der Waals surface area contributed by atoms with Crippen LogP contribution in [0.1, 0.15) is 16.7 Å². The van der Waals surface area contributed by atoms with Crippen LogP contribution >= 0.6 is 11.6 Å². The first-order chi connectivity index (χ1) is 8.16. The van der Waals surface area contributed by atoms with Gasteiger partial charge in [-0.1, -0.05) is 29.3 Å². The third-order valence-electron chi connectivity index (χ3n) is 3.38. The van der Waals surface area contributed by atoms with Crippen molar-refractivity contribution in [2.45, 2.75) is 20.3 Å². The Morgan fingerprint density at radius 1 is 1.24 bits per heavy atom. The molecule has 1 N–H and O–H groups in total. The van der Waals surface area contributed by atoms with Gasteiger partial charge in [-0.3, -0.25) is 0 Å². The molecule has 0 amide bonds. The van der Waals surface area contributed by atoms with Crippen LogP contribution in [-0.4, -0.2) is 37.6 Å². The maximum Gasteiger partial charge on any atom is 0.0467 e. The molecule has 0 bridgehead atoms. The van der Waals surface area contributed by atoms with E-state index in [2.05, 4.69) is 36.2 Å². The number of benzene rings is 1. The molecule has 1 fully saturated rings. The Kier molecular flexibility index (Phi) is 4.43. The number of halogens is 1. The van der Waals surface area contributed by atoms with E-state index in [0.29, 0.717) is 0 Å². The number of rotatable bonds is 3. The van der Waals surface area contributed by atoms with Gasteiger partial charge in [0.15, 0.2) is 0 Å². The lowest BCUT2D eigenvalue weighted by Gasteiger charge is -2.27. The van der Waals surface area contributed by atoms with Crippen LogP contribution < -0.4 is 5.32 Å². The smallest absolute Gasteiger partial charge is 0.0467 e. The van der Waals surface area contributed by atoms with E-state index in [-0.39, 0.29) is 0 Å². The zero-order chi connectivity index (χ0) is 12.3. The van der Waals surface area contributed by atoms with Crippen LogP contribution in [0.4, 0.5) is 0 Å². The standard InChI is InChI=1S/C14H21ClN2/c1-11-9-12(2)14(15)13(10-11)3-6-17-7-4-16-5-8-17/h9-10,16H,3-8H2,1-2H3. The summed E-state index contributed by atoms with van der Waals surface area (Å²) < 4.78 is 0.